The first kappa shape index (κ1) is 43.0. The Morgan fingerprint density at radius 3 is 0.946 bits per heavy atom. The maximum absolute atomic E-state index is 5.52. The van der Waals surface area contributed by atoms with Gasteiger partial charge in [-0.15, -0.1) is 36.1 Å². The molecule has 0 aliphatic carbocycles. The molecule has 0 saturated heterocycles. The summed E-state index contributed by atoms with van der Waals surface area (Å²) in [5, 5.41) is 1.97. The fourth-order valence-corrected chi connectivity index (χ4v) is 8.37. The van der Waals surface area contributed by atoms with Crippen molar-refractivity contribution in [2.75, 3.05) is 0 Å². The monoisotopic (exact) mass is 886 g/mol. The van der Waals surface area contributed by atoms with Crippen molar-refractivity contribution in [3.8, 4) is 0 Å². The Bertz CT molecular complexity index is 821. The largest absolute Gasteiger partial charge is 0.554 e. The maximum Gasteiger partial charge on any atom is 0.0900 e. The van der Waals surface area contributed by atoms with Crippen LogP contribution in [0.4, 0.5) is 0 Å². The zero-order chi connectivity index (χ0) is 25.5. The van der Waals surface area contributed by atoms with Gasteiger partial charge in [-0.1, -0.05) is 0 Å². The molecule has 0 fully saturated rings. The molecule has 0 N–H and O–H groups in total. The zero-order valence-electron chi connectivity index (χ0n) is 21.1. The van der Waals surface area contributed by atoms with Gasteiger partial charge in [0.2, 0.25) is 0 Å². The summed E-state index contributed by atoms with van der Waals surface area (Å²) >= 11 is 21.0. The Morgan fingerprint density at radius 2 is 0.784 bits per heavy atom. The van der Waals surface area contributed by atoms with Gasteiger partial charge in [0.15, 0.2) is 0 Å². The van der Waals surface area contributed by atoms with Crippen LogP contribution in [0.1, 0.15) is 27.7 Å². The SMILES string of the molecule is CC(C)O[P+]([S-])([S-])[c-]1cccc1.CC(C)O[P+]([S-])([S-])[c-]1cccc1.[Fe].[Fe].[Pb].c1cc[cH-]c1.c1cc[cH-]c1. The normalized spacial score (nSPS) is 10.2. The van der Waals surface area contributed by atoms with E-state index in [1.54, 1.807) is 0 Å². The van der Waals surface area contributed by atoms with Crippen LogP contribution < -0.4 is 10.6 Å². The molecule has 0 saturated carbocycles. The van der Waals surface area contributed by atoms with Crippen molar-refractivity contribution in [1.29, 1.82) is 0 Å². The summed E-state index contributed by atoms with van der Waals surface area (Å²) in [7, 11) is 0. The standard InChI is InChI=1S/2C8H12OPS2.2C5H5.2Fe.Pb/c2*1-7(2)9-10(11,12)8-5-3-4-6-8;2*1-2-4-5-3-1;;;/h2*3-7H,1-2H3,(H,11,12);2*1-5H;;;/q4*-1;;;/p-2. The fourth-order valence-electron chi connectivity index (χ4n) is 2.41. The first-order valence-electron chi connectivity index (χ1n) is 10.8. The Kier molecular flexibility index (Phi) is 28.1. The van der Waals surface area contributed by atoms with Gasteiger partial charge in [0.1, 0.15) is 0 Å². The van der Waals surface area contributed by atoms with Crippen LogP contribution in [-0.4, -0.2) is 39.5 Å². The molecule has 0 aromatic heterocycles. The Balaban J connectivity index is -0.000000433. The van der Waals surface area contributed by atoms with Crippen molar-refractivity contribution >= 4 is 98.7 Å². The van der Waals surface area contributed by atoms with Crippen LogP contribution in [-0.2, 0) is 92.2 Å². The number of hydrogen-bond acceptors (Lipinski definition) is 6. The van der Waals surface area contributed by atoms with E-state index in [0.29, 0.717) is 0 Å². The van der Waals surface area contributed by atoms with Crippen LogP contribution in [0, 0.1) is 0 Å². The molecule has 0 unspecified atom stereocenters. The zero-order valence-corrected chi connectivity index (χ0v) is 32.2. The molecule has 4 radical (unpaired) electrons. The van der Waals surface area contributed by atoms with Crippen molar-refractivity contribution in [1.82, 2.24) is 0 Å². The summed E-state index contributed by atoms with van der Waals surface area (Å²) in [6.45, 7) is 7.82. The number of hydrogen-bond donors (Lipinski definition) is 0. The van der Waals surface area contributed by atoms with E-state index in [4.69, 9.17) is 58.0 Å². The van der Waals surface area contributed by atoms with E-state index in [-0.39, 0.29) is 73.6 Å². The van der Waals surface area contributed by atoms with E-state index in [1.165, 1.54) is 0 Å². The van der Waals surface area contributed by atoms with E-state index < -0.39 is 11.8 Å². The average Bonchev–Trinajstić information content (AvgIpc) is 3.58. The second kappa shape index (κ2) is 24.2. The van der Waals surface area contributed by atoms with Crippen molar-refractivity contribution in [2.24, 2.45) is 0 Å². The van der Waals surface area contributed by atoms with E-state index in [0.717, 1.165) is 10.6 Å². The molecular weight excluding hydrogens is 853 g/mol. The Hall–Kier alpha value is 1.54. The van der Waals surface area contributed by atoms with E-state index >= 15 is 0 Å². The molecule has 4 rings (SSSR count). The van der Waals surface area contributed by atoms with Crippen molar-refractivity contribution < 1.29 is 43.2 Å². The predicted octanol–water partition coefficient (Wildman–Crippen LogP) is 7.05. The Morgan fingerprint density at radius 1 is 0.541 bits per heavy atom. The van der Waals surface area contributed by atoms with Gasteiger partial charge in [-0.2, -0.15) is 36.4 Å². The summed E-state index contributed by atoms with van der Waals surface area (Å²) in [5.74, 6) is -4.27. The minimum absolute atomic E-state index is 0. The molecule has 0 amide bonds. The van der Waals surface area contributed by atoms with E-state index in [9.17, 15) is 0 Å². The van der Waals surface area contributed by atoms with Crippen LogP contribution >= 0.6 is 11.8 Å². The summed E-state index contributed by atoms with van der Waals surface area (Å²) in [6, 6.07) is 35.5. The molecule has 0 spiro atoms. The van der Waals surface area contributed by atoms with Gasteiger partial charge in [0, 0.05) is 61.4 Å². The second-order valence-electron chi connectivity index (χ2n) is 7.51. The summed E-state index contributed by atoms with van der Waals surface area (Å²) in [6.07, 6.45) is 0.228. The van der Waals surface area contributed by atoms with Crippen LogP contribution in [0.2, 0.25) is 0 Å². The fraction of sp³-hybridized carbons (Fsp3) is 0.231. The molecule has 2 nitrogen and oxygen atoms in total. The van der Waals surface area contributed by atoms with Gasteiger partial charge in [-0.3, -0.25) is 9.05 Å². The molecular formula is C26H32Fe2O2P2PbS4-6. The predicted molar refractivity (Wildman–Crippen MR) is 169 cm³/mol. The van der Waals surface area contributed by atoms with Crippen LogP contribution in [0.5, 0.6) is 0 Å². The third kappa shape index (κ3) is 21.0. The maximum atomic E-state index is 5.52. The smallest absolute Gasteiger partial charge is 0.0900 e. The first-order chi connectivity index (χ1) is 16.0. The minimum Gasteiger partial charge on any atom is -0.554 e. The summed E-state index contributed by atoms with van der Waals surface area (Å²) in [5.41, 5.74) is 0. The molecule has 4 aromatic rings. The molecule has 208 valence electrons. The molecule has 0 bridgehead atoms. The van der Waals surface area contributed by atoms with Gasteiger partial charge >= 0.3 is 0 Å². The van der Waals surface area contributed by atoms with Gasteiger partial charge in [0.05, 0.1) is 12.2 Å². The molecule has 0 heterocycles. The number of rotatable bonds is 6. The average molecular weight is 886 g/mol. The van der Waals surface area contributed by atoms with Gasteiger partial charge < -0.3 is 49.0 Å². The van der Waals surface area contributed by atoms with Gasteiger partial charge in [-0.05, 0) is 38.3 Å². The third-order valence-electron chi connectivity index (χ3n) is 3.73. The van der Waals surface area contributed by atoms with Gasteiger partial charge in [-0.25, -0.2) is 48.5 Å². The summed E-state index contributed by atoms with van der Waals surface area (Å²) < 4.78 is 11.0. The van der Waals surface area contributed by atoms with Gasteiger partial charge in [0.25, 0.3) is 0 Å². The molecule has 0 aliphatic rings. The molecule has 11 heteroatoms. The molecule has 4 aromatic carbocycles. The summed E-state index contributed by atoms with van der Waals surface area (Å²) in [4.78, 5) is 0. The second-order valence-corrected chi connectivity index (χ2v) is 18.5. The first-order valence-corrected chi connectivity index (χ1v) is 18.3. The molecule has 37 heavy (non-hydrogen) atoms. The van der Waals surface area contributed by atoms with Crippen molar-refractivity contribution in [3.63, 3.8) is 0 Å². The van der Waals surface area contributed by atoms with E-state index in [2.05, 4.69) is 0 Å². The van der Waals surface area contributed by atoms with E-state index in [1.807, 2.05) is 137 Å². The quantitative estimate of drug-likeness (QED) is 0.0890. The van der Waals surface area contributed by atoms with Crippen LogP contribution in [0.25, 0.3) is 0 Å². The van der Waals surface area contributed by atoms with Crippen molar-refractivity contribution in [3.05, 3.63) is 109 Å². The molecule has 0 atom stereocenters. The van der Waals surface area contributed by atoms with Crippen LogP contribution in [0.15, 0.2) is 109 Å². The Labute approximate surface area is 287 Å². The topological polar surface area (TPSA) is 18.5 Å². The van der Waals surface area contributed by atoms with Crippen LogP contribution in [0.3, 0.4) is 0 Å². The van der Waals surface area contributed by atoms with Crippen molar-refractivity contribution in [2.45, 2.75) is 39.9 Å². The minimum atomic E-state index is -2.14. The third-order valence-corrected chi connectivity index (χ3v) is 10.6. The molecule has 0 aliphatic heterocycles.